The van der Waals surface area contributed by atoms with Crippen LogP contribution in [-0.4, -0.2) is 25.4 Å². The molecule has 1 aromatic carbocycles. The molecule has 1 fully saturated rings. The van der Waals surface area contributed by atoms with Gasteiger partial charge in [-0.3, -0.25) is 0 Å². The predicted octanol–water partition coefficient (Wildman–Crippen LogP) is 2.85. The summed E-state index contributed by atoms with van der Waals surface area (Å²) >= 11 is 2.01. The average Bonchev–Trinajstić information content (AvgIpc) is 2.33. The van der Waals surface area contributed by atoms with Crippen LogP contribution in [0.3, 0.4) is 0 Å². The average molecular weight is 237 g/mol. The molecule has 2 nitrogen and oxygen atoms in total. The lowest BCUT2D eigenvalue weighted by atomic mass is 10.2. The summed E-state index contributed by atoms with van der Waals surface area (Å²) in [4.78, 5) is 1.40. The van der Waals surface area contributed by atoms with E-state index in [1.54, 1.807) is 7.11 Å². The molecule has 0 atom stereocenters. The molecular weight excluding hydrogens is 218 g/mol. The Morgan fingerprint density at radius 3 is 2.69 bits per heavy atom. The maximum Gasteiger partial charge on any atom is 0.119 e. The van der Waals surface area contributed by atoms with Gasteiger partial charge in [-0.15, -0.1) is 11.8 Å². The Balaban J connectivity index is 2.03. The molecule has 0 saturated carbocycles. The number of methoxy groups -OCH3 is 1. The highest BCUT2D eigenvalue weighted by molar-refractivity contribution is 8.00. The fourth-order valence-electron chi connectivity index (χ4n) is 1.97. The Bertz CT molecular complexity index is 348. The van der Waals surface area contributed by atoms with Crippen molar-refractivity contribution in [2.24, 2.45) is 0 Å². The number of hydrogen-bond acceptors (Lipinski definition) is 3. The molecule has 0 aliphatic carbocycles. The van der Waals surface area contributed by atoms with E-state index in [1.165, 1.54) is 23.3 Å². The third-order valence-corrected chi connectivity index (χ3v) is 4.48. The fraction of sp³-hybridized carbons (Fsp3) is 0.538. The van der Waals surface area contributed by atoms with Crippen LogP contribution in [0.25, 0.3) is 0 Å². The van der Waals surface area contributed by atoms with E-state index < -0.39 is 0 Å². The van der Waals surface area contributed by atoms with Crippen molar-refractivity contribution in [2.45, 2.75) is 29.9 Å². The number of hydrogen-bond donors (Lipinski definition) is 1. The first-order valence-electron chi connectivity index (χ1n) is 5.81. The van der Waals surface area contributed by atoms with Gasteiger partial charge in [-0.05, 0) is 56.6 Å². The first-order valence-corrected chi connectivity index (χ1v) is 6.69. The van der Waals surface area contributed by atoms with Gasteiger partial charge in [-0.25, -0.2) is 0 Å². The van der Waals surface area contributed by atoms with Gasteiger partial charge in [-0.2, -0.15) is 0 Å². The number of piperidine rings is 1. The van der Waals surface area contributed by atoms with Crippen LogP contribution in [-0.2, 0) is 0 Å². The van der Waals surface area contributed by atoms with Crippen LogP contribution < -0.4 is 10.1 Å². The van der Waals surface area contributed by atoms with Crippen LogP contribution in [0, 0.1) is 6.92 Å². The minimum absolute atomic E-state index is 0.772. The quantitative estimate of drug-likeness (QED) is 0.873. The smallest absolute Gasteiger partial charge is 0.119 e. The first kappa shape index (κ1) is 11.8. The van der Waals surface area contributed by atoms with Gasteiger partial charge >= 0.3 is 0 Å². The Morgan fingerprint density at radius 1 is 1.31 bits per heavy atom. The van der Waals surface area contributed by atoms with Gasteiger partial charge in [-0.1, -0.05) is 0 Å². The topological polar surface area (TPSA) is 21.3 Å². The van der Waals surface area contributed by atoms with E-state index in [4.69, 9.17) is 4.74 Å². The van der Waals surface area contributed by atoms with Crippen molar-refractivity contribution in [1.82, 2.24) is 5.32 Å². The van der Waals surface area contributed by atoms with E-state index in [9.17, 15) is 0 Å². The molecule has 16 heavy (non-hydrogen) atoms. The Hall–Kier alpha value is -0.670. The zero-order valence-corrected chi connectivity index (χ0v) is 10.8. The van der Waals surface area contributed by atoms with Crippen LogP contribution in [0.1, 0.15) is 18.4 Å². The highest BCUT2D eigenvalue weighted by atomic mass is 32.2. The van der Waals surface area contributed by atoms with Crippen molar-refractivity contribution in [3.8, 4) is 5.75 Å². The number of rotatable bonds is 3. The van der Waals surface area contributed by atoms with Crippen molar-refractivity contribution < 1.29 is 4.74 Å². The maximum absolute atomic E-state index is 5.22. The van der Waals surface area contributed by atoms with E-state index in [0.29, 0.717) is 0 Å². The van der Waals surface area contributed by atoms with E-state index in [2.05, 4.69) is 30.4 Å². The SMILES string of the molecule is COc1ccc(SC2CCNCC2)c(C)c1. The zero-order valence-electron chi connectivity index (χ0n) is 9.95. The molecule has 0 bridgehead atoms. The van der Waals surface area contributed by atoms with Gasteiger partial charge in [0.2, 0.25) is 0 Å². The second-order valence-electron chi connectivity index (χ2n) is 4.20. The van der Waals surface area contributed by atoms with Gasteiger partial charge in [0.15, 0.2) is 0 Å². The van der Waals surface area contributed by atoms with Gasteiger partial charge in [0.25, 0.3) is 0 Å². The summed E-state index contributed by atoms with van der Waals surface area (Å²) in [5, 5.41) is 4.17. The lowest BCUT2D eigenvalue weighted by Crippen LogP contribution is -2.29. The minimum atomic E-state index is 0.772. The number of ether oxygens (including phenoxy) is 1. The third kappa shape index (κ3) is 2.92. The first-order chi connectivity index (χ1) is 7.79. The van der Waals surface area contributed by atoms with E-state index in [0.717, 1.165) is 24.1 Å². The summed E-state index contributed by atoms with van der Waals surface area (Å²) in [5.74, 6) is 0.951. The molecule has 1 N–H and O–H groups in total. The lowest BCUT2D eigenvalue weighted by Gasteiger charge is -2.22. The molecule has 1 aromatic rings. The van der Waals surface area contributed by atoms with Crippen LogP contribution in [0.2, 0.25) is 0 Å². The summed E-state index contributed by atoms with van der Waals surface area (Å²) in [7, 11) is 1.72. The molecule has 1 aliphatic rings. The summed E-state index contributed by atoms with van der Waals surface area (Å²) in [6, 6.07) is 6.35. The summed E-state index contributed by atoms with van der Waals surface area (Å²) in [6.45, 7) is 4.48. The van der Waals surface area contributed by atoms with Crippen LogP contribution in [0.5, 0.6) is 5.75 Å². The molecule has 1 aliphatic heterocycles. The highest BCUT2D eigenvalue weighted by Crippen LogP contribution is 2.32. The molecule has 88 valence electrons. The number of nitrogens with one attached hydrogen (secondary N) is 1. The molecular formula is C13H19NOS. The van der Waals surface area contributed by atoms with Crippen molar-refractivity contribution in [2.75, 3.05) is 20.2 Å². The minimum Gasteiger partial charge on any atom is -0.497 e. The monoisotopic (exact) mass is 237 g/mol. The van der Waals surface area contributed by atoms with Gasteiger partial charge < -0.3 is 10.1 Å². The lowest BCUT2D eigenvalue weighted by molar-refractivity contribution is 0.414. The molecule has 0 radical (unpaired) electrons. The standard InChI is InChI=1S/C13H19NOS/c1-10-9-11(15-2)3-4-13(10)16-12-5-7-14-8-6-12/h3-4,9,12,14H,5-8H2,1-2H3. The number of thioether (sulfide) groups is 1. The maximum atomic E-state index is 5.22. The van der Waals surface area contributed by atoms with Crippen molar-refractivity contribution in [3.63, 3.8) is 0 Å². The van der Waals surface area contributed by atoms with Crippen molar-refractivity contribution >= 4 is 11.8 Å². The van der Waals surface area contributed by atoms with E-state index >= 15 is 0 Å². The van der Waals surface area contributed by atoms with Gasteiger partial charge in [0.05, 0.1) is 7.11 Å². The van der Waals surface area contributed by atoms with E-state index in [1.807, 2.05) is 11.8 Å². The molecule has 0 unspecified atom stereocenters. The zero-order chi connectivity index (χ0) is 11.4. The third-order valence-electron chi connectivity index (χ3n) is 2.96. The molecule has 0 amide bonds. The summed E-state index contributed by atoms with van der Waals surface area (Å²) < 4.78 is 5.22. The van der Waals surface area contributed by atoms with Crippen molar-refractivity contribution in [1.29, 1.82) is 0 Å². The Morgan fingerprint density at radius 2 is 2.06 bits per heavy atom. The molecule has 0 spiro atoms. The van der Waals surface area contributed by atoms with E-state index in [-0.39, 0.29) is 0 Å². The Kier molecular flexibility index (Phi) is 4.13. The van der Waals surface area contributed by atoms with Crippen molar-refractivity contribution in [3.05, 3.63) is 23.8 Å². The van der Waals surface area contributed by atoms with Crippen LogP contribution in [0.15, 0.2) is 23.1 Å². The second-order valence-corrected chi connectivity index (χ2v) is 5.54. The van der Waals surface area contributed by atoms with Gasteiger partial charge in [0.1, 0.15) is 5.75 Å². The van der Waals surface area contributed by atoms with Crippen LogP contribution >= 0.6 is 11.8 Å². The summed E-state index contributed by atoms with van der Waals surface area (Å²) in [5.41, 5.74) is 1.32. The predicted molar refractivity (Wildman–Crippen MR) is 69.5 cm³/mol. The second kappa shape index (κ2) is 5.60. The molecule has 2 rings (SSSR count). The Labute approximate surface area is 102 Å². The van der Waals surface area contributed by atoms with Gasteiger partial charge in [0, 0.05) is 10.1 Å². The summed E-state index contributed by atoms with van der Waals surface area (Å²) in [6.07, 6.45) is 2.55. The normalized spacial score (nSPS) is 17.4. The largest absolute Gasteiger partial charge is 0.497 e. The van der Waals surface area contributed by atoms with Crippen LogP contribution in [0.4, 0.5) is 0 Å². The molecule has 1 saturated heterocycles. The molecule has 1 heterocycles. The molecule has 0 aromatic heterocycles. The fourth-order valence-corrected chi connectivity index (χ4v) is 3.20. The molecule has 3 heteroatoms. The number of aryl methyl sites for hydroxylation is 1. The highest BCUT2D eigenvalue weighted by Gasteiger charge is 2.15. The number of benzene rings is 1.